The molecule has 0 unspecified atom stereocenters. The van der Waals surface area contributed by atoms with Gasteiger partial charge in [0.05, 0.1) is 12.3 Å². The van der Waals surface area contributed by atoms with Crippen LogP contribution in [0.5, 0.6) is 5.75 Å². The molecule has 0 aliphatic carbocycles. The van der Waals surface area contributed by atoms with E-state index in [1.165, 1.54) is 24.3 Å². The van der Waals surface area contributed by atoms with Crippen LogP contribution in [0, 0.1) is 5.82 Å². The van der Waals surface area contributed by atoms with E-state index in [9.17, 15) is 9.18 Å². The van der Waals surface area contributed by atoms with Gasteiger partial charge in [0, 0.05) is 6.07 Å². The van der Waals surface area contributed by atoms with Crippen molar-refractivity contribution in [3.63, 3.8) is 0 Å². The number of ether oxygens (including phenoxy) is 1. The predicted octanol–water partition coefficient (Wildman–Crippen LogP) is 3.53. The normalized spacial score (nSPS) is 10.2. The lowest BCUT2D eigenvalue weighted by atomic mass is 10.2. The van der Waals surface area contributed by atoms with Crippen molar-refractivity contribution in [3.05, 3.63) is 53.1 Å². The molecular weight excluding hydrogens is 283 g/mol. The van der Waals surface area contributed by atoms with Gasteiger partial charge in [0.2, 0.25) is 0 Å². The van der Waals surface area contributed by atoms with E-state index in [1.54, 1.807) is 19.1 Å². The maximum absolute atomic E-state index is 13.2. The van der Waals surface area contributed by atoms with Crippen LogP contribution in [0.2, 0.25) is 5.15 Å². The first-order valence-electron chi connectivity index (χ1n) is 5.96. The number of nitrogens with zero attached hydrogens (tertiary/aromatic N) is 1. The smallest absolute Gasteiger partial charge is 0.274 e. The first-order valence-corrected chi connectivity index (χ1v) is 6.34. The second-order valence-corrected chi connectivity index (χ2v) is 4.26. The third-order valence-corrected chi connectivity index (χ3v) is 2.65. The van der Waals surface area contributed by atoms with Gasteiger partial charge in [-0.05, 0) is 31.2 Å². The Morgan fingerprint density at radius 1 is 1.40 bits per heavy atom. The Hall–Kier alpha value is -2.14. The lowest BCUT2D eigenvalue weighted by Gasteiger charge is -2.11. The van der Waals surface area contributed by atoms with Gasteiger partial charge in [0.1, 0.15) is 22.4 Å². The van der Waals surface area contributed by atoms with Crippen molar-refractivity contribution in [1.29, 1.82) is 0 Å². The summed E-state index contributed by atoms with van der Waals surface area (Å²) in [4.78, 5) is 15.9. The van der Waals surface area contributed by atoms with E-state index >= 15 is 0 Å². The zero-order valence-corrected chi connectivity index (χ0v) is 11.4. The fourth-order valence-electron chi connectivity index (χ4n) is 1.60. The summed E-state index contributed by atoms with van der Waals surface area (Å²) in [5.74, 6) is -0.615. The Balaban J connectivity index is 2.23. The average molecular weight is 295 g/mol. The molecule has 20 heavy (non-hydrogen) atoms. The van der Waals surface area contributed by atoms with Crippen molar-refractivity contribution >= 4 is 23.2 Å². The second-order valence-electron chi connectivity index (χ2n) is 3.87. The molecule has 0 radical (unpaired) electrons. The van der Waals surface area contributed by atoms with E-state index in [2.05, 4.69) is 10.3 Å². The predicted molar refractivity (Wildman–Crippen MR) is 74.8 cm³/mol. The highest BCUT2D eigenvalue weighted by molar-refractivity contribution is 6.29. The van der Waals surface area contributed by atoms with Crippen LogP contribution in [-0.4, -0.2) is 17.5 Å². The number of amides is 1. The fraction of sp³-hybridized carbons (Fsp3) is 0.143. The van der Waals surface area contributed by atoms with Crippen molar-refractivity contribution in [2.45, 2.75) is 6.92 Å². The van der Waals surface area contributed by atoms with Crippen LogP contribution < -0.4 is 10.1 Å². The SMILES string of the molecule is CCOc1cc(F)ccc1NC(=O)c1cccc(Cl)n1. The van der Waals surface area contributed by atoms with Gasteiger partial charge in [0.25, 0.3) is 5.91 Å². The summed E-state index contributed by atoms with van der Waals surface area (Å²) in [5.41, 5.74) is 0.546. The third kappa shape index (κ3) is 3.45. The number of pyridine rings is 1. The summed E-state index contributed by atoms with van der Waals surface area (Å²) in [6.07, 6.45) is 0. The molecule has 0 bridgehead atoms. The van der Waals surface area contributed by atoms with Gasteiger partial charge in [-0.2, -0.15) is 0 Å². The van der Waals surface area contributed by atoms with E-state index < -0.39 is 11.7 Å². The number of benzene rings is 1. The Morgan fingerprint density at radius 2 is 2.20 bits per heavy atom. The summed E-state index contributed by atoms with van der Waals surface area (Å²) in [6.45, 7) is 2.14. The summed E-state index contributed by atoms with van der Waals surface area (Å²) in [7, 11) is 0. The molecule has 1 heterocycles. The molecular formula is C14H12ClFN2O2. The molecule has 0 spiro atoms. The molecule has 0 aliphatic rings. The van der Waals surface area contributed by atoms with Crippen LogP contribution in [0.15, 0.2) is 36.4 Å². The average Bonchev–Trinajstić information content (AvgIpc) is 2.42. The first kappa shape index (κ1) is 14.3. The standard InChI is InChI=1S/C14H12ClFN2O2/c1-2-20-12-8-9(16)6-7-10(12)18-14(19)11-4-3-5-13(15)17-11/h3-8H,2H2,1H3,(H,18,19). The van der Waals surface area contributed by atoms with Gasteiger partial charge in [0.15, 0.2) is 0 Å². The van der Waals surface area contributed by atoms with Crippen LogP contribution in [0.25, 0.3) is 0 Å². The molecule has 104 valence electrons. The number of anilines is 1. The molecule has 2 aromatic rings. The van der Waals surface area contributed by atoms with E-state index in [1.807, 2.05) is 0 Å². The topological polar surface area (TPSA) is 51.2 Å². The van der Waals surface area contributed by atoms with Crippen molar-refractivity contribution in [2.75, 3.05) is 11.9 Å². The summed E-state index contributed by atoms with van der Waals surface area (Å²) < 4.78 is 18.4. The molecule has 1 N–H and O–H groups in total. The highest BCUT2D eigenvalue weighted by Gasteiger charge is 2.12. The van der Waals surface area contributed by atoms with Crippen molar-refractivity contribution in [3.8, 4) is 5.75 Å². The number of hydrogen-bond acceptors (Lipinski definition) is 3. The quantitative estimate of drug-likeness (QED) is 0.878. The summed E-state index contributed by atoms with van der Waals surface area (Å²) in [6, 6.07) is 8.61. The maximum Gasteiger partial charge on any atom is 0.274 e. The number of nitrogens with one attached hydrogen (secondary N) is 1. The van der Waals surface area contributed by atoms with Crippen LogP contribution in [0.1, 0.15) is 17.4 Å². The molecule has 0 atom stereocenters. The fourth-order valence-corrected chi connectivity index (χ4v) is 1.76. The van der Waals surface area contributed by atoms with E-state index in [-0.39, 0.29) is 16.6 Å². The Bertz CT molecular complexity index is 634. The monoisotopic (exact) mass is 294 g/mol. The number of halogens is 2. The van der Waals surface area contributed by atoms with E-state index in [4.69, 9.17) is 16.3 Å². The van der Waals surface area contributed by atoms with Gasteiger partial charge in [-0.3, -0.25) is 4.79 Å². The third-order valence-electron chi connectivity index (χ3n) is 2.44. The number of carbonyl (C=O) groups is 1. The molecule has 1 aromatic carbocycles. The molecule has 0 aliphatic heterocycles. The van der Waals surface area contributed by atoms with E-state index in [0.717, 1.165) is 0 Å². The Labute approximate surface area is 120 Å². The molecule has 2 rings (SSSR count). The number of rotatable bonds is 4. The van der Waals surface area contributed by atoms with E-state index in [0.29, 0.717) is 12.3 Å². The van der Waals surface area contributed by atoms with Crippen molar-refractivity contribution < 1.29 is 13.9 Å². The van der Waals surface area contributed by atoms with Crippen LogP contribution in [0.3, 0.4) is 0 Å². The molecule has 0 fully saturated rings. The lowest BCUT2D eigenvalue weighted by Crippen LogP contribution is -2.14. The minimum Gasteiger partial charge on any atom is -0.492 e. The minimum absolute atomic E-state index is 0.171. The number of aromatic nitrogens is 1. The van der Waals surface area contributed by atoms with Gasteiger partial charge in [-0.1, -0.05) is 17.7 Å². The summed E-state index contributed by atoms with van der Waals surface area (Å²) in [5, 5.41) is 2.84. The number of carbonyl (C=O) groups excluding carboxylic acids is 1. The molecule has 4 nitrogen and oxygen atoms in total. The second kappa shape index (κ2) is 6.34. The molecule has 6 heteroatoms. The zero-order chi connectivity index (χ0) is 14.5. The van der Waals surface area contributed by atoms with Crippen molar-refractivity contribution in [2.24, 2.45) is 0 Å². The largest absolute Gasteiger partial charge is 0.492 e. The van der Waals surface area contributed by atoms with Crippen LogP contribution in [0.4, 0.5) is 10.1 Å². The van der Waals surface area contributed by atoms with Crippen molar-refractivity contribution in [1.82, 2.24) is 4.98 Å². The molecule has 0 saturated heterocycles. The zero-order valence-electron chi connectivity index (χ0n) is 10.7. The molecule has 0 saturated carbocycles. The lowest BCUT2D eigenvalue weighted by molar-refractivity contribution is 0.102. The van der Waals surface area contributed by atoms with Crippen LogP contribution >= 0.6 is 11.6 Å². The van der Waals surface area contributed by atoms with Crippen LogP contribution in [-0.2, 0) is 0 Å². The first-order chi connectivity index (χ1) is 9.60. The highest BCUT2D eigenvalue weighted by Crippen LogP contribution is 2.25. The van der Waals surface area contributed by atoms with Gasteiger partial charge in [-0.25, -0.2) is 9.37 Å². The molecule has 1 aromatic heterocycles. The van der Waals surface area contributed by atoms with Gasteiger partial charge in [-0.15, -0.1) is 0 Å². The Kier molecular flexibility index (Phi) is 4.53. The maximum atomic E-state index is 13.2. The number of hydrogen-bond donors (Lipinski definition) is 1. The Morgan fingerprint density at radius 3 is 2.90 bits per heavy atom. The van der Waals surface area contributed by atoms with Gasteiger partial charge >= 0.3 is 0 Å². The highest BCUT2D eigenvalue weighted by atomic mass is 35.5. The van der Waals surface area contributed by atoms with Gasteiger partial charge < -0.3 is 10.1 Å². The minimum atomic E-state index is -0.444. The molecule has 1 amide bonds. The summed E-state index contributed by atoms with van der Waals surface area (Å²) >= 11 is 5.73.